The topological polar surface area (TPSA) is 64.0 Å². The highest BCUT2D eigenvalue weighted by molar-refractivity contribution is 9.10. The molecule has 0 saturated heterocycles. The minimum atomic E-state index is -0.243. The summed E-state index contributed by atoms with van der Waals surface area (Å²) < 4.78 is 2.27. The summed E-state index contributed by atoms with van der Waals surface area (Å²) in [5.74, 6) is -0.138. The summed E-state index contributed by atoms with van der Waals surface area (Å²) in [5, 5.41) is 7.83. The van der Waals surface area contributed by atoms with Crippen molar-refractivity contribution in [3.8, 4) is 11.3 Å². The van der Waals surface area contributed by atoms with Crippen LogP contribution >= 0.6 is 27.5 Å². The van der Waals surface area contributed by atoms with Gasteiger partial charge >= 0.3 is 0 Å². The molecule has 27 heavy (non-hydrogen) atoms. The molecule has 1 amide bonds. The highest BCUT2D eigenvalue weighted by atomic mass is 79.9. The number of hydrogen-bond acceptors (Lipinski definition) is 3. The van der Waals surface area contributed by atoms with Gasteiger partial charge in [0, 0.05) is 34.1 Å². The molecule has 1 aromatic heterocycles. The molecule has 5 nitrogen and oxygen atoms in total. The number of halogens is 2. The van der Waals surface area contributed by atoms with E-state index in [0.717, 1.165) is 15.6 Å². The predicted molar refractivity (Wildman–Crippen MR) is 110 cm³/mol. The third-order valence-electron chi connectivity index (χ3n) is 3.94. The smallest absolute Gasteiger partial charge is 0.266 e. The highest BCUT2D eigenvalue weighted by Crippen LogP contribution is 2.18. The molecule has 3 aromatic rings. The fourth-order valence-corrected chi connectivity index (χ4v) is 3.10. The number of nitrogens with one attached hydrogen (secondary N) is 1. The van der Waals surface area contributed by atoms with Gasteiger partial charge in [-0.1, -0.05) is 51.8 Å². The SMILES string of the molecule is O=C(CCn1nc(-c2ccc(Cl)cc2)ccc1=O)NCc1cccc(Br)c1. The Labute approximate surface area is 170 Å². The molecule has 0 fully saturated rings. The van der Waals surface area contributed by atoms with Crippen molar-refractivity contribution in [2.75, 3.05) is 0 Å². The second kappa shape index (κ2) is 8.97. The Morgan fingerprint density at radius 1 is 1.11 bits per heavy atom. The van der Waals surface area contributed by atoms with Crippen molar-refractivity contribution in [2.24, 2.45) is 0 Å². The van der Waals surface area contributed by atoms with Crippen LogP contribution in [-0.2, 0) is 17.9 Å². The molecule has 0 atom stereocenters. The second-order valence-electron chi connectivity index (χ2n) is 5.94. The van der Waals surface area contributed by atoms with Crippen molar-refractivity contribution in [3.63, 3.8) is 0 Å². The molecule has 0 aliphatic carbocycles. The van der Waals surface area contributed by atoms with E-state index >= 15 is 0 Å². The van der Waals surface area contributed by atoms with Gasteiger partial charge < -0.3 is 5.32 Å². The second-order valence-corrected chi connectivity index (χ2v) is 7.30. The van der Waals surface area contributed by atoms with Gasteiger partial charge in [-0.15, -0.1) is 0 Å². The quantitative estimate of drug-likeness (QED) is 0.622. The van der Waals surface area contributed by atoms with Gasteiger partial charge in [0.2, 0.25) is 5.91 Å². The summed E-state index contributed by atoms with van der Waals surface area (Å²) in [6.45, 7) is 0.649. The van der Waals surface area contributed by atoms with Gasteiger partial charge in [0.05, 0.1) is 12.2 Å². The zero-order chi connectivity index (χ0) is 19.2. The standard InChI is InChI=1S/C20H17BrClN3O2/c21-16-3-1-2-14(12-16)13-23-19(26)10-11-25-20(27)9-8-18(24-25)15-4-6-17(22)7-5-15/h1-9,12H,10-11,13H2,(H,23,26). The summed E-state index contributed by atoms with van der Waals surface area (Å²) in [7, 11) is 0. The molecule has 1 heterocycles. The van der Waals surface area contributed by atoms with Gasteiger partial charge in [-0.2, -0.15) is 5.10 Å². The Bertz CT molecular complexity index is 1000. The Morgan fingerprint density at radius 3 is 2.63 bits per heavy atom. The van der Waals surface area contributed by atoms with Crippen LogP contribution in [-0.4, -0.2) is 15.7 Å². The number of benzene rings is 2. The molecule has 138 valence electrons. The van der Waals surface area contributed by atoms with Gasteiger partial charge in [0.25, 0.3) is 5.56 Å². The summed E-state index contributed by atoms with van der Waals surface area (Å²) >= 11 is 9.30. The lowest BCUT2D eigenvalue weighted by atomic mass is 10.1. The highest BCUT2D eigenvalue weighted by Gasteiger charge is 2.07. The first-order chi connectivity index (χ1) is 13.0. The van der Waals surface area contributed by atoms with E-state index in [1.54, 1.807) is 18.2 Å². The van der Waals surface area contributed by atoms with E-state index in [2.05, 4.69) is 26.3 Å². The Hall–Kier alpha value is -2.44. The molecular weight excluding hydrogens is 430 g/mol. The minimum Gasteiger partial charge on any atom is -0.352 e. The van der Waals surface area contributed by atoms with E-state index in [9.17, 15) is 9.59 Å². The fraction of sp³-hybridized carbons (Fsp3) is 0.150. The number of aryl methyl sites for hydroxylation is 1. The van der Waals surface area contributed by atoms with Crippen molar-refractivity contribution in [2.45, 2.75) is 19.5 Å². The Balaban J connectivity index is 1.61. The summed E-state index contributed by atoms with van der Waals surface area (Å²) in [5.41, 5.74) is 2.26. The van der Waals surface area contributed by atoms with E-state index < -0.39 is 0 Å². The summed E-state index contributed by atoms with van der Waals surface area (Å²) in [4.78, 5) is 24.1. The molecule has 0 spiro atoms. The van der Waals surface area contributed by atoms with E-state index in [-0.39, 0.29) is 24.4 Å². The molecule has 1 N–H and O–H groups in total. The van der Waals surface area contributed by atoms with Crippen LogP contribution in [0.4, 0.5) is 0 Å². The molecular formula is C20H17BrClN3O2. The third kappa shape index (κ3) is 5.52. The van der Waals surface area contributed by atoms with Crippen molar-refractivity contribution in [3.05, 3.63) is 86.1 Å². The minimum absolute atomic E-state index is 0.138. The van der Waals surface area contributed by atoms with Crippen LogP contribution in [0.25, 0.3) is 11.3 Å². The number of amides is 1. The molecule has 0 aliphatic rings. The average molecular weight is 447 g/mol. The molecule has 0 unspecified atom stereocenters. The molecule has 7 heteroatoms. The van der Waals surface area contributed by atoms with Crippen LogP contribution in [0.15, 0.2) is 69.9 Å². The van der Waals surface area contributed by atoms with E-state index in [0.29, 0.717) is 17.3 Å². The van der Waals surface area contributed by atoms with Crippen LogP contribution in [0.2, 0.25) is 5.02 Å². The van der Waals surface area contributed by atoms with Crippen LogP contribution in [0.5, 0.6) is 0 Å². The fourth-order valence-electron chi connectivity index (χ4n) is 2.53. The van der Waals surface area contributed by atoms with Gasteiger partial charge in [-0.3, -0.25) is 9.59 Å². The zero-order valence-electron chi connectivity index (χ0n) is 14.4. The number of nitrogens with zero attached hydrogens (tertiary/aromatic N) is 2. The number of hydrogen-bond donors (Lipinski definition) is 1. The lowest BCUT2D eigenvalue weighted by Gasteiger charge is -2.08. The maximum absolute atomic E-state index is 12.1. The van der Waals surface area contributed by atoms with Gasteiger partial charge in [-0.05, 0) is 35.9 Å². The van der Waals surface area contributed by atoms with E-state index in [1.807, 2.05) is 36.4 Å². The lowest BCUT2D eigenvalue weighted by molar-refractivity contribution is -0.121. The van der Waals surface area contributed by atoms with Gasteiger partial charge in [-0.25, -0.2) is 4.68 Å². The lowest BCUT2D eigenvalue weighted by Crippen LogP contribution is -2.28. The van der Waals surface area contributed by atoms with Gasteiger partial charge in [0.1, 0.15) is 0 Å². The molecule has 0 saturated carbocycles. The van der Waals surface area contributed by atoms with Crippen molar-refractivity contribution < 1.29 is 4.79 Å². The van der Waals surface area contributed by atoms with Crippen LogP contribution in [0.3, 0.4) is 0 Å². The van der Waals surface area contributed by atoms with E-state index in [1.165, 1.54) is 10.7 Å². The molecule has 0 bridgehead atoms. The predicted octanol–water partition coefficient (Wildman–Crippen LogP) is 4.03. The number of carbonyl (C=O) groups excluding carboxylic acids is 1. The molecule has 2 aromatic carbocycles. The summed E-state index contributed by atoms with van der Waals surface area (Å²) in [6.07, 6.45) is 0.172. The van der Waals surface area contributed by atoms with Crippen molar-refractivity contribution in [1.29, 1.82) is 0 Å². The molecule has 0 radical (unpaired) electrons. The van der Waals surface area contributed by atoms with E-state index in [4.69, 9.17) is 11.6 Å². The average Bonchev–Trinajstić information content (AvgIpc) is 2.66. The summed E-state index contributed by atoms with van der Waals surface area (Å²) in [6, 6.07) is 18.1. The Morgan fingerprint density at radius 2 is 1.89 bits per heavy atom. The number of carbonyl (C=O) groups is 1. The molecule has 0 aliphatic heterocycles. The zero-order valence-corrected chi connectivity index (χ0v) is 16.7. The number of aromatic nitrogens is 2. The first-order valence-electron chi connectivity index (χ1n) is 8.36. The van der Waals surface area contributed by atoms with Crippen LogP contribution in [0.1, 0.15) is 12.0 Å². The van der Waals surface area contributed by atoms with Crippen LogP contribution < -0.4 is 10.9 Å². The van der Waals surface area contributed by atoms with Gasteiger partial charge in [0.15, 0.2) is 0 Å². The first-order valence-corrected chi connectivity index (χ1v) is 9.53. The van der Waals surface area contributed by atoms with Crippen LogP contribution in [0, 0.1) is 0 Å². The van der Waals surface area contributed by atoms with Crippen molar-refractivity contribution in [1.82, 2.24) is 15.1 Å². The monoisotopic (exact) mass is 445 g/mol. The van der Waals surface area contributed by atoms with Crippen molar-refractivity contribution >= 4 is 33.4 Å². The normalized spacial score (nSPS) is 10.6. The number of rotatable bonds is 6. The largest absolute Gasteiger partial charge is 0.352 e. The Kier molecular flexibility index (Phi) is 6.42. The first kappa shape index (κ1) is 19.3. The maximum Gasteiger partial charge on any atom is 0.266 e. The third-order valence-corrected chi connectivity index (χ3v) is 4.68. The maximum atomic E-state index is 12.1. The molecule has 3 rings (SSSR count).